The average Bonchev–Trinajstić information content (AvgIpc) is 2.99. The van der Waals surface area contributed by atoms with Crippen LogP contribution in [0.4, 0.5) is 4.79 Å². The molecule has 7 heteroatoms. The number of nitrogens with one attached hydrogen (secondary N) is 1. The molecule has 2 amide bonds. The molecule has 1 aliphatic heterocycles. The molecule has 132 valence electrons. The Kier molecular flexibility index (Phi) is 5.54. The Balaban J connectivity index is 1.86. The summed E-state index contributed by atoms with van der Waals surface area (Å²) >= 11 is 0. The van der Waals surface area contributed by atoms with Gasteiger partial charge in [0.25, 0.3) is 0 Å². The molecule has 0 spiro atoms. The molecule has 24 heavy (non-hydrogen) atoms. The maximum Gasteiger partial charge on any atom is 0.317 e. The van der Waals surface area contributed by atoms with Gasteiger partial charge in [0, 0.05) is 25.7 Å². The van der Waals surface area contributed by atoms with Crippen molar-refractivity contribution in [1.29, 1.82) is 0 Å². The minimum atomic E-state index is -0.860. The number of nitrogens with zero attached hydrogens (tertiary/aromatic N) is 1. The number of hydrogen-bond acceptors (Lipinski definition) is 4. The van der Waals surface area contributed by atoms with E-state index in [1.807, 2.05) is 12.1 Å². The summed E-state index contributed by atoms with van der Waals surface area (Å²) in [5.74, 6) is 0.564. The summed E-state index contributed by atoms with van der Waals surface area (Å²) < 4.78 is 10.5. The van der Waals surface area contributed by atoms with E-state index in [0.717, 1.165) is 5.56 Å². The van der Waals surface area contributed by atoms with Gasteiger partial charge in [-0.1, -0.05) is 6.07 Å². The number of ether oxygens (including phenoxy) is 2. The van der Waals surface area contributed by atoms with Crippen molar-refractivity contribution in [3.63, 3.8) is 0 Å². The first-order valence-corrected chi connectivity index (χ1v) is 7.86. The number of methoxy groups -OCH3 is 2. The van der Waals surface area contributed by atoms with Gasteiger partial charge in [0.15, 0.2) is 0 Å². The number of rotatable bonds is 6. The van der Waals surface area contributed by atoms with Crippen molar-refractivity contribution < 1.29 is 24.2 Å². The van der Waals surface area contributed by atoms with Crippen molar-refractivity contribution in [3.8, 4) is 11.5 Å². The molecule has 0 saturated carbocycles. The van der Waals surface area contributed by atoms with Gasteiger partial charge in [0.05, 0.1) is 19.6 Å². The Bertz CT molecular complexity index is 619. The quantitative estimate of drug-likeness (QED) is 0.826. The fourth-order valence-corrected chi connectivity index (χ4v) is 2.78. The van der Waals surface area contributed by atoms with Crippen molar-refractivity contribution >= 4 is 12.0 Å². The Hall–Kier alpha value is -2.44. The molecule has 1 atom stereocenters. The molecule has 1 heterocycles. The lowest BCUT2D eigenvalue weighted by Crippen LogP contribution is -2.41. The number of carbonyl (C=O) groups excluding carboxylic acids is 1. The molecule has 1 aliphatic rings. The highest BCUT2D eigenvalue weighted by atomic mass is 16.5. The fraction of sp³-hybridized carbons (Fsp3) is 0.529. The molecule has 1 aromatic rings. The lowest BCUT2D eigenvalue weighted by atomic mass is 9.90. The van der Waals surface area contributed by atoms with E-state index in [2.05, 4.69) is 5.32 Å². The van der Waals surface area contributed by atoms with E-state index < -0.39 is 11.4 Å². The molecular formula is C17H24N2O5. The zero-order valence-corrected chi connectivity index (χ0v) is 14.3. The number of hydrogen-bond donors (Lipinski definition) is 2. The molecule has 1 saturated heterocycles. The van der Waals surface area contributed by atoms with Crippen LogP contribution >= 0.6 is 0 Å². The second-order valence-corrected chi connectivity index (χ2v) is 6.20. The Morgan fingerprint density at radius 3 is 2.67 bits per heavy atom. The monoisotopic (exact) mass is 336 g/mol. The molecule has 2 rings (SSSR count). The van der Waals surface area contributed by atoms with Gasteiger partial charge in [-0.3, -0.25) is 4.79 Å². The zero-order chi connectivity index (χ0) is 17.7. The minimum Gasteiger partial charge on any atom is -0.497 e. The summed E-state index contributed by atoms with van der Waals surface area (Å²) in [6.45, 7) is 2.81. The number of aliphatic carboxylic acids is 1. The summed E-state index contributed by atoms with van der Waals surface area (Å²) in [7, 11) is 3.18. The highest BCUT2D eigenvalue weighted by Gasteiger charge is 2.42. The molecule has 0 bridgehead atoms. The van der Waals surface area contributed by atoms with Gasteiger partial charge in [0.2, 0.25) is 0 Å². The number of carbonyl (C=O) groups is 2. The maximum atomic E-state index is 12.2. The van der Waals surface area contributed by atoms with Crippen LogP contribution in [0.25, 0.3) is 0 Å². The molecule has 0 aliphatic carbocycles. The van der Waals surface area contributed by atoms with Gasteiger partial charge in [-0.25, -0.2) is 4.79 Å². The van der Waals surface area contributed by atoms with Crippen LogP contribution in [-0.2, 0) is 11.2 Å². The van der Waals surface area contributed by atoms with Crippen LogP contribution in [0.15, 0.2) is 18.2 Å². The smallest absolute Gasteiger partial charge is 0.317 e. The second-order valence-electron chi connectivity index (χ2n) is 6.20. The van der Waals surface area contributed by atoms with Crippen LogP contribution < -0.4 is 14.8 Å². The maximum absolute atomic E-state index is 12.2. The third-order valence-corrected chi connectivity index (χ3v) is 4.44. The minimum absolute atomic E-state index is 0.229. The summed E-state index contributed by atoms with van der Waals surface area (Å²) in [6, 6.07) is 5.32. The predicted octanol–water partition coefficient (Wildman–Crippen LogP) is 1.75. The van der Waals surface area contributed by atoms with Crippen LogP contribution in [0, 0.1) is 5.41 Å². The van der Waals surface area contributed by atoms with Gasteiger partial charge in [0.1, 0.15) is 11.5 Å². The first kappa shape index (κ1) is 17.9. The van der Waals surface area contributed by atoms with Crippen LogP contribution in [0.3, 0.4) is 0 Å². The average molecular weight is 336 g/mol. The van der Waals surface area contributed by atoms with Crippen molar-refractivity contribution in [2.24, 2.45) is 5.41 Å². The number of carboxylic acids is 1. The van der Waals surface area contributed by atoms with E-state index in [1.165, 1.54) is 0 Å². The predicted molar refractivity (Wildman–Crippen MR) is 88.6 cm³/mol. The lowest BCUT2D eigenvalue weighted by molar-refractivity contribution is -0.146. The highest BCUT2D eigenvalue weighted by molar-refractivity contribution is 5.79. The van der Waals surface area contributed by atoms with E-state index >= 15 is 0 Å². The molecule has 1 unspecified atom stereocenters. The van der Waals surface area contributed by atoms with E-state index in [1.54, 1.807) is 32.1 Å². The van der Waals surface area contributed by atoms with Crippen molar-refractivity contribution in [3.05, 3.63) is 23.8 Å². The standard InChI is InChI=1S/C17H24N2O5/c1-17(15(20)21)7-9-19(11-17)16(22)18-8-6-12-4-5-13(23-2)10-14(12)24-3/h4-5,10H,6-9,11H2,1-3H3,(H,18,22)(H,20,21). The van der Waals surface area contributed by atoms with E-state index in [9.17, 15) is 14.7 Å². The van der Waals surface area contributed by atoms with Crippen LogP contribution in [-0.4, -0.2) is 55.9 Å². The number of carboxylic acid groups (broad SMARTS) is 1. The van der Waals surface area contributed by atoms with Crippen LogP contribution in [0.2, 0.25) is 0 Å². The number of likely N-dealkylation sites (tertiary alicyclic amines) is 1. The first-order chi connectivity index (χ1) is 11.4. The number of benzene rings is 1. The second kappa shape index (κ2) is 7.42. The van der Waals surface area contributed by atoms with E-state index in [0.29, 0.717) is 37.4 Å². The summed E-state index contributed by atoms with van der Waals surface area (Å²) in [4.78, 5) is 25.0. The molecule has 2 N–H and O–H groups in total. The third-order valence-electron chi connectivity index (χ3n) is 4.44. The van der Waals surface area contributed by atoms with Gasteiger partial charge in [-0.05, 0) is 31.4 Å². The largest absolute Gasteiger partial charge is 0.497 e. The van der Waals surface area contributed by atoms with Crippen molar-refractivity contribution in [2.45, 2.75) is 19.8 Å². The Morgan fingerprint density at radius 2 is 2.08 bits per heavy atom. The molecule has 1 aromatic carbocycles. The Morgan fingerprint density at radius 1 is 1.33 bits per heavy atom. The zero-order valence-electron chi connectivity index (χ0n) is 14.3. The summed E-state index contributed by atoms with van der Waals surface area (Å²) in [6.07, 6.45) is 1.09. The van der Waals surface area contributed by atoms with E-state index in [-0.39, 0.29) is 12.6 Å². The van der Waals surface area contributed by atoms with Gasteiger partial charge in [-0.15, -0.1) is 0 Å². The van der Waals surface area contributed by atoms with Crippen molar-refractivity contribution in [1.82, 2.24) is 10.2 Å². The first-order valence-electron chi connectivity index (χ1n) is 7.86. The highest BCUT2D eigenvalue weighted by Crippen LogP contribution is 2.30. The van der Waals surface area contributed by atoms with Gasteiger partial charge in [-0.2, -0.15) is 0 Å². The van der Waals surface area contributed by atoms with Gasteiger partial charge < -0.3 is 24.8 Å². The van der Waals surface area contributed by atoms with E-state index in [4.69, 9.17) is 9.47 Å². The number of amides is 2. The summed E-state index contributed by atoms with van der Waals surface area (Å²) in [5, 5.41) is 12.1. The third kappa shape index (κ3) is 3.90. The molecule has 0 radical (unpaired) electrons. The fourth-order valence-electron chi connectivity index (χ4n) is 2.78. The summed E-state index contributed by atoms with van der Waals surface area (Å²) in [5.41, 5.74) is 0.117. The normalized spacial score (nSPS) is 19.9. The van der Waals surface area contributed by atoms with Crippen LogP contribution in [0.1, 0.15) is 18.9 Å². The van der Waals surface area contributed by atoms with Crippen molar-refractivity contribution in [2.75, 3.05) is 33.9 Å². The lowest BCUT2D eigenvalue weighted by Gasteiger charge is -2.20. The van der Waals surface area contributed by atoms with Gasteiger partial charge >= 0.3 is 12.0 Å². The molecule has 1 fully saturated rings. The number of urea groups is 1. The molecule has 7 nitrogen and oxygen atoms in total. The SMILES string of the molecule is COc1ccc(CCNC(=O)N2CCC(C)(C(=O)O)C2)c(OC)c1. The molecule has 0 aromatic heterocycles. The van der Waals surface area contributed by atoms with Crippen LogP contribution in [0.5, 0.6) is 11.5 Å². The molecular weight excluding hydrogens is 312 g/mol. The topological polar surface area (TPSA) is 88.1 Å². The Labute approximate surface area is 141 Å².